The number of hydrogen-bond acceptors (Lipinski definition) is 5. The molecule has 0 fully saturated rings. The van der Waals surface area contributed by atoms with Crippen LogP contribution in [0, 0.1) is 0 Å². The predicted molar refractivity (Wildman–Crippen MR) is 85.3 cm³/mol. The van der Waals surface area contributed by atoms with Crippen LogP contribution in [0.4, 0.5) is 5.82 Å². The van der Waals surface area contributed by atoms with E-state index in [1.54, 1.807) is 18.2 Å². The maximum absolute atomic E-state index is 12.5. The number of amides is 1. The third kappa shape index (κ3) is 3.21. The van der Waals surface area contributed by atoms with Crippen molar-refractivity contribution in [2.24, 2.45) is 0 Å². The van der Waals surface area contributed by atoms with Gasteiger partial charge in [-0.1, -0.05) is 42.5 Å². The maximum atomic E-state index is 12.5. The van der Waals surface area contributed by atoms with Crippen molar-refractivity contribution in [3.05, 3.63) is 60.2 Å². The van der Waals surface area contributed by atoms with Crippen LogP contribution >= 0.6 is 0 Å². The van der Waals surface area contributed by atoms with Crippen molar-refractivity contribution in [2.75, 3.05) is 11.9 Å². The predicted octanol–water partition coefficient (Wildman–Crippen LogP) is 3.39. The first-order valence-electron chi connectivity index (χ1n) is 7.20. The fourth-order valence-corrected chi connectivity index (χ4v) is 2.17. The molecule has 3 rings (SSSR count). The SMILES string of the molecule is CCOc1ccccc1C(=O)Nc1nonc1-c1ccccc1. The molecule has 0 aliphatic heterocycles. The van der Waals surface area contributed by atoms with E-state index >= 15 is 0 Å². The van der Waals surface area contributed by atoms with Crippen molar-refractivity contribution in [3.8, 4) is 17.0 Å². The van der Waals surface area contributed by atoms with Crippen LogP contribution < -0.4 is 10.1 Å². The molecule has 6 nitrogen and oxygen atoms in total. The summed E-state index contributed by atoms with van der Waals surface area (Å²) in [5, 5.41) is 10.4. The number of anilines is 1. The number of carbonyl (C=O) groups is 1. The zero-order valence-corrected chi connectivity index (χ0v) is 12.5. The number of hydrogen-bond donors (Lipinski definition) is 1. The summed E-state index contributed by atoms with van der Waals surface area (Å²) < 4.78 is 10.2. The van der Waals surface area contributed by atoms with E-state index in [1.165, 1.54) is 0 Å². The summed E-state index contributed by atoms with van der Waals surface area (Å²) in [5.74, 6) is 0.458. The Morgan fingerprint density at radius 1 is 1.09 bits per heavy atom. The Balaban J connectivity index is 1.86. The number of para-hydroxylation sites is 1. The molecule has 1 N–H and O–H groups in total. The highest BCUT2D eigenvalue weighted by Crippen LogP contribution is 2.25. The standard InChI is InChI=1S/C17H15N3O3/c1-2-22-14-11-7-6-10-13(14)17(21)18-16-15(19-23-20-16)12-8-4-3-5-9-12/h3-11H,2H2,1H3,(H,18,20,21). The van der Waals surface area contributed by atoms with E-state index in [4.69, 9.17) is 9.37 Å². The third-order valence-electron chi connectivity index (χ3n) is 3.20. The van der Waals surface area contributed by atoms with Crippen LogP contribution in [0.5, 0.6) is 5.75 Å². The van der Waals surface area contributed by atoms with Crippen LogP contribution in [0.3, 0.4) is 0 Å². The fourth-order valence-electron chi connectivity index (χ4n) is 2.17. The highest BCUT2D eigenvalue weighted by atomic mass is 16.6. The van der Waals surface area contributed by atoms with Crippen LogP contribution in [-0.2, 0) is 0 Å². The van der Waals surface area contributed by atoms with Gasteiger partial charge in [-0.3, -0.25) is 4.79 Å². The molecular weight excluding hydrogens is 294 g/mol. The Morgan fingerprint density at radius 3 is 2.61 bits per heavy atom. The number of aromatic nitrogens is 2. The van der Waals surface area contributed by atoms with Gasteiger partial charge in [0.05, 0.1) is 12.2 Å². The minimum absolute atomic E-state index is 0.271. The maximum Gasteiger partial charge on any atom is 0.260 e. The van der Waals surface area contributed by atoms with E-state index in [9.17, 15) is 4.79 Å². The van der Waals surface area contributed by atoms with Crippen molar-refractivity contribution < 1.29 is 14.2 Å². The molecule has 1 heterocycles. The van der Waals surface area contributed by atoms with E-state index in [2.05, 4.69) is 15.6 Å². The Kier molecular flexibility index (Phi) is 4.33. The highest BCUT2D eigenvalue weighted by Gasteiger charge is 2.18. The molecule has 6 heteroatoms. The molecule has 116 valence electrons. The van der Waals surface area contributed by atoms with Gasteiger partial charge in [0.2, 0.25) is 5.82 Å². The summed E-state index contributed by atoms with van der Waals surface area (Å²) in [6.45, 7) is 2.34. The van der Waals surface area contributed by atoms with Crippen molar-refractivity contribution in [1.29, 1.82) is 0 Å². The lowest BCUT2D eigenvalue weighted by Gasteiger charge is -2.09. The van der Waals surface area contributed by atoms with Crippen LogP contribution in [0.2, 0.25) is 0 Å². The molecule has 0 bridgehead atoms. The number of rotatable bonds is 5. The summed E-state index contributed by atoms with van der Waals surface area (Å²) >= 11 is 0. The summed E-state index contributed by atoms with van der Waals surface area (Å²) in [6.07, 6.45) is 0. The number of carbonyl (C=O) groups excluding carboxylic acids is 1. The molecule has 0 aliphatic carbocycles. The smallest absolute Gasteiger partial charge is 0.260 e. The molecule has 23 heavy (non-hydrogen) atoms. The van der Waals surface area contributed by atoms with Gasteiger partial charge in [-0.2, -0.15) is 0 Å². The van der Waals surface area contributed by atoms with E-state index in [1.807, 2.05) is 43.3 Å². The summed E-state index contributed by atoms with van der Waals surface area (Å²) in [4.78, 5) is 12.5. The first kappa shape index (κ1) is 14.8. The van der Waals surface area contributed by atoms with E-state index < -0.39 is 0 Å². The third-order valence-corrected chi connectivity index (χ3v) is 3.20. The molecule has 3 aromatic rings. The average Bonchev–Trinajstić information content (AvgIpc) is 3.04. The van der Waals surface area contributed by atoms with Crippen molar-refractivity contribution in [1.82, 2.24) is 10.3 Å². The Bertz CT molecular complexity index is 800. The Hall–Kier alpha value is -3.15. The molecule has 0 radical (unpaired) electrons. The number of nitrogens with zero attached hydrogens (tertiary/aromatic N) is 2. The van der Waals surface area contributed by atoms with Crippen LogP contribution in [0.15, 0.2) is 59.2 Å². The lowest BCUT2D eigenvalue weighted by molar-refractivity contribution is 0.102. The lowest BCUT2D eigenvalue weighted by atomic mass is 10.1. The normalized spacial score (nSPS) is 10.3. The lowest BCUT2D eigenvalue weighted by Crippen LogP contribution is -2.14. The summed E-state index contributed by atoms with van der Waals surface area (Å²) in [7, 11) is 0. The van der Waals surface area contributed by atoms with Gasteiger partial charge >= 0.3 is 0 Å². The molecule has 0 saturated heterocycles. The molecular formula is C17H15N3O3. The molecule has 0 saturated carbocycles. The topological polar surface area (TPSA) is 77.2 Å². The largest absolute Gasteiger partial charge is 0.493 e. The van der Waals surface area contributed by atoms with Gasteiger partial charge < -0.3 is 10.1 Å². The van der Waals surface area contributed by atoms with Crippen LogP contribution in [0.25, 0.3) is 11.3 Å². The first-order valence-corrected chi connectivity index (χ1v) is 7.20. The number of benzene rings is 2. The van der Waals surface area contributed by atoms with Gasteiger partial charge in [0.1, 0.15) is 5.75 Å². The van der Waals surface area contributed by atoms with Gasteiger partial charge in [-0.25, -0.2) is 4.63 Å². The van der Waals surface area contributed by atoms with Gasteiger partial charge in [0, 0.05) is 5.56 Å². The second-order valence-electron chi connectivity index (χ2n) is 4.71. The van der Waals surface area contributed by atoms with Gasteiger partial charge in [0.15, 0.2) is 5.69 Å². The zero-order chi connectivity index (χ0) is 16.1. The average molecular weight is 309 g/mol. The van der Waals surface area contributed by atoms with Crippen LogP contribution in [0.1, 0.15) is 17.3 Å². The summed E-state index contributed by atoms with van der Waals surface area (Å²) in [5.41, 5.74) is 1.71. The fraction of sp³-hybridized carbons (Fsp3) is 0.118. The van der Waals surface area contributed by atoms with Crippen LogP contribution in [-0.4, -0.2) is 22.8 Å². The summed E-state index contributed by atoms with van der Waals surface area (Å²) in [6, 6.07) is 16.4. The van der Waals surface area contributed by atoms with Gasteiger partial charge in [-0.05, 0) is 29.4 Å². The monoisotopic (exact) mass is 309 g/mol. The Morgan fingerprint density at radius 2 is 1.83 bits per heavy atom. The first-order chi connectivity index (χ1) is 11.3. The quantitative estimate of drug-likeness (QED) is 0.781. The Labute approximate surface area is 133 Å². The van der Waals surface area contributed by atoms with E-state index in [0.29, 0.717) is 23.6 Å². The van der Waals surface area contributed by atoms with Gasteiger partial charge in [-0.15, -0.1) is 0 Å². The second kappa shape index (κ2) is 6.74. The van der Waals surface area contributed by atoms with E-state index in [0.717, 1.165) is 5.56 Å². The molecule has 1 amide bonds. The number of nitrogens with one attached hydrogen (secondary N) is 1. The minimum atomic E-state index is -0.332. The molecule has 0 aliphatic rings. The van der Waals surface area contributed by atoms with Crippen molar-refractivity contribution in [3.63, 3.8) is 0 Å². The second-order valence-corrected chi connectivity index (χ2v) is 4.71. The number of ether oxygens (including phenoxy) is 1. The van der Waals surface area contributed by atoms with E-state index in [-0.39, 0.29) is 11.7 Å². The zero-order valence-electron chi connectivity index (χ0n) is 12.5. The molecule has 2 aromatic carbocycles. The minimum Gasteiger partial charge on any atom is -0.493 e. The molecule has 0 spiro atoms. The molecule has 0 atom stereocenters. The molecule has 0 unspecified atom stereocenters. The van der Waals surface area contributed by atoms with Crippen molar-refractivity contribution in [2.45, 2.75) is 6.92 Å². The van der Waals surface area contributed by atoms with Crippen molar-refractivity contribution >= 4 is 11.7 Å². The molecule has 1 aromatic heterocycles. The highest BCUT2D eigenvalue weighted by molar-refractivity contribution is 6.06. The van der Waals surface area contributed by atoms with Gasteiger partial charge in [0.25, 0.3) is 5.91 Å².